The van der Waals surface area contributed by atoms with Gasteiger partial charge in [0.05, 0.1) is 5.69 Å². The highest BCUT2D eigenvalue weighted by Crippen LogP contribution is 2.24. The molecule has 3 rings (SSSR count). The van der Waals surface area contributed by atoms with Crippen LogP contribution in [0.2, 0.25) is 0 Å². The Kier molecular flexibility index (Phi) is 6.14. The van der Waals surface area contributed by atoms with Gasteiger partial charge in [0.1, 0.15) is 5.82 Å². The minimum Gasteiger partial charge on any atom is -0.370 e. The van der Waals surface area contributed by atoms with Gasteiger partial charge in [0.25, 0.3) is 5.88 Å². The van der Waals surface area contributed by atoms with Gasteiger partial charge in [-0.15, -0.1) is 12.4 Å². The van der Waals surface area contributed by atoms with Crippen molar-refractivity contribution in [3.05, 3.63) is 71.7 Å². The van der Waals surface area contributed by atoms with Gasteiger partial charge in [-0.25, -0.2) is 4.39 Å². The van der Waals surface area contributed by atoms with Crippen molar-refractivity contribution in [2.24, 2.45) is 16.5 Å². The summed E-state index contributed by atoms with van der Waals surface area (Å²) in [5, 5.41) is 3.88. The monoisotopic (exact) mass is 360 g/mol. The lowest BCUT2D eigenvalue weighted by Gasteiger charge is -2.06. The van der Waals surface area contributed by atoms with Crippen LogP contribution in [0.25, 0.3) is 11.1 Å². The molecule has 0 bridgehead atoms. The topological polar surface area (TPSA) is 90.4 Å². The van der Waals surface area contributed by atoms with E-state index in [2.05, 4.69) is 10.1 Å². The van der Waals surface area contributed by atoms with Crippen LogP contribution in [0.3, 0.4) is 0 Å². The van der Waals surface area contributed by atoms with Gasteiger partial charge in [0.2, 0.25) is 0 Å². The van der Waals surface area contributed by atoms with Crippen LogP contribution in [0.5, 0.6) is 0 Å². The summed E-state index contributed by atoms with van der Waals surface area (Å²) in [6.45, 7) is 0. The van der Waals surface area contributed by atoms with Crippen LogP contribution in [0.4, 0.5) is 10.3 Å². The maximum Gasteiger partial charge on any atom is 0.253 e. The fourth-order valence-electron chi connectivity index (χ4n) is 2.44. The van der Waals surface area contributed by atoms with Gasteiger partial charge in [-0.1, -0.05) is 47.6 Å². The first-order chi connectivity index (χ1) is 11.6. The highest BCUT2D eigenvalue weighted by Gasteiger charge is 2.08. The molecule has 2 aromatic carbocycles. The number of halogens is 2. The lowest BCUT2D eigenvalue weighted by Crippen LogP contribution is -2.21. The second-order valence-corrected chi connectivity index (χ2v) is 5.37. The summed E-state index contributed by atoms with van der Waals surface area (Å²) in [7, 11) is 0. The molecule has 4 N–H and O–H groups in total. The minimum atomic E-state index is -0.236. The molecular weight excluding hydrogens is 343 g/mol. The maximum atomic E-state index is 14.3. The second-order valence-electron chi connectivity index (χ2n) is 5.37. The van der Waals surface area contributed by atoms with Gasteiger partial charge < -0.3 is 16.0 Å². The zero-order valence-corrected chi connectivity index (χ0v) is 14.2. The molecule has 0 aliphatic carbocycles. The Morgan fingerprint density at radius 3 is 2.48 bits per heavy atom. The Hall–Kier alpha value is -2.86. The molecule has 25 heavy (non-hydrogen) atoms. The normalized spacial score (nSPS) is 10.1. The minimum absolute atomic E-state index is 0. The predicted molar refractivity (Wildman–Crippen MR) is 98.5 cm³/mol. The van der Waals surface area contributed by atoms with Gasteiger partial charge in [-0.05, 0) is 30.0 Å². The molecule has 5 nitrogen and oxygen atoms in total. The summed E-state index contributed by atoms with van der Waals surface area (Å²) in [6.07, 6.45) is 1.24. The summed E-state index contributed by atoms with van der Waals surface area (Å²) in [5.74, 6) is -0.0630. The first-order valence-electron chi connectivity index (χ1n) is 7.51. The van der Waals surface area contributed by atoms with Crippen molar-refractivity contribution in [3.8, 4) is 11.1 Å². The largest absolute Gasteiger partial charge is 0.370 e. The van der Waals surface area contributed by atoms with E-state index in [1.165, 1.54) is 0 Å². The Morgan fingerprint density at radius 1 is 1.04 bits per heavy atom. The number of rotatable bonds is 5. The van der Waals surface area contributed by atoms with Gasteiger partial charge in [-0.2, -0.15) is 4.99 Å². The van der Waals surface area contributed by atoms with Crippen molar-refractivity contribution in [2.45, 2.75) is 12.8 Å². The summed E-state index contributed by atoms with van der Waals surface area (Å²) >= 11 is 0. The van der Waals surface area contributed by atoms with Crippen LogP contribution in [0, 0.1) is 5.82 Å². The maximum absolute atomic E-state index is 14.3. The van der Waals surface area contributed by atoms with Crippen LogP contribution in [0.15, 0.2) is 64.1 Å². The summed E-state index contributed by atoms with van der Waals surface area (Å²) in [6, 6.07) is 16.4. The Bertz CT molecular complexity index is 861. The van der Waals surface area contributed by atoms with Crippen molar-refractivity contribution < 1.29 is 8.91 Å². The number of aryl methyl sites for hydroxylation is 2. The fourth-order valence-corrected chi connectivity index (χ4v) is 2.44. The first kappa shape index (κ1) is 18.5. The van der Waals surface area contributed by atoms with Crippen molar-refractivity contribution in [2.75, 3.05) is 0 Å². The molecule has 1 heterocycles. The highest BCUT2D eigenvalue weighted by molar-refractivity contribution is 5.85. The number of hydrogen-bond donors (Lipinski definition) is 2. The number of hydrogen-bond acceptors (Lipinski definition) is 3. The molecule has 0 radical (unpaired) electrons. The molecule has 0 spiro atoms. The molecular formula is C18H18ClFN4O. The molecule has 1 aromatic heterocycles. The molecule has 3 aromatic rings. The van der Waals surface area contributed by atoms with E-state index in [0.29, 0.717) is 24.1 Å². The van der Waals surface area contributed by atoms with E-state index in [-0.39, 0.29) is 30.1 Å². The highest BCUT2D eigenvalue weighted by atomic mass is 35.5. The van der Waals surface area contributed by atoms with Crippen LogP contribution in [0.1, 0.15) is 11.3 Å². The molecule has 0 aliphatic heterocycles. The Morgan fingerprint density at radius 2 is 1.80 bits per heavy atom. The summed E-state index contributed by atoms with van der Waals surface area (Å²) < 4.78 is 19.3. The summed E-state index contributed by atoms with van der Waals surface area (Å²) in [4.78, 5) is 3.78. The van der Waals surface area contributed by atoms with Crippen molar-refractivity contribution >= 4 is 24.3 Å². The SMILES string of the molecule is Cl.NC(N)=Nc1cc(CCc2ccc(-c3ccccc3)c(F)c2)no1. The molecule has 0 fully saturated rings. The second kappa shape index (κ2) is 8.30. The molecule has 0 atom stereocenters. The smallest absolute Gasteiger partial charge is 0.253 e. The number of benzene rings is 2. The zero-order chi connectivity index (χ0) is 16.9. The first-order valence-corrected chi connectivity index (χ1v) is 7.51. The molecule has 0 aliphatic rings. The zero-order valence-electron chi connectivity index (χ0n) is 13.4. The van der Waals surface area contributed by atoms with Crippen molar-refractivity contribution in [1.29, 1.82) is 0 Å². The molecule has 0 amide bonds. The van der Waals surface area contributed by atoms with E-state index in [4.69, 9.17) is 16.0 Å². The van der Waals surface area contributed by atoms with Crippen molar-refractivity contribution in [1.82, 2.24) is 5.16 Å². The average molecular weight is 361 g/mol. The Labute approximate surface area is 150 Å². The van der Waals surface area contributed by atoms with Gasteiger partial charge >= 0.3 is 0 Å². The Balaban J connectivity index is 0.00000225. The summed E-state index contributed by atoms with van der Waals surface area (Å²) in [5.41, 5.74) is 13.6. The fraction of sp³-hybridized carbons (Fsp3) is 0.111. The van der Waals surface area contributed by atoms with Crippen LogP contribution < -0.4 is 11.5 Å². The van der Waals surface area contributed by atoms with E-state index in [9.17, 15) is 4.39 Å². The lowest BCUT2D eigenvalue weighted by atomic mass is 10.0. The number of nitrogens with two attached hydrogens (primary N) is 2. The standard InChI is InChI=1S/C18H17FN4O.ClH/c19-16-10-12(7-9-15(16)13-4-2-1-3-5-13)6-8-14-11-17(24-23-14)22-18(20)21;/h1-5,7,9-11H,6,8H2,(H4,20,21,22);1H. The number of guanidine groups is 1. The van der Waals surface area contributed by atoms with E-state index in [1.807, 2.05) is 36.4 Å². The van der Waals surface area contributed by atoms with Crippen molar-refractivity contribution in [3.63, 3.8) is 0 Å². The number of nitrogens with zero attached hydrogens (tertiary/aromatic N) is 2. The molecule has 0 saturated carbocycles. The average Bonchev–Trinajstić information content (AvgIpc) is 3.00. The third-order valence-electron chi connectivity index (χ3n) is 3.57. The molecule has 0 unspecified atom stereocenters. The van der Waals surface area contributed by atoms with Gasteiger partial charge in [-0.3, -0.25) is 0 Å². The van der Waals surface area contributed by atoms with E-state index >= 15 is 0 Å². The quantitative estimate of drug-likeness (QED) is 0.537. The third kappa shape index (κ3) is 4.81. The third-order valence-corrected chi connectivity index (χ3v) is 3.57. The molecule has 130 valence electrons. The van der Waals surface area contributed by atoms with Crippen LogP contribution in [-0.2, 0) is 12.8 Å². The lowest BCUT2D eigenvalue weighted by molar-refractivity contribution is 0.421. The van der Waals surface area contributed by atoms with E-state index < -0.39 is 0 Å². The van der Waals surface area contributed by atoms with E-state index in [0.717, 1.165) is 11.1 Å². The van der Waals surface area contributed by atoms with Crippen LogP contribution in [-0.4, -0.2) is 11.1 Å². The van der Waals surface area contributed by atoms with E-state index in [1.54, 1.807) is 18.2 Å². The molecule has 7 heteroatoms. The predicted octanol–water partition coefficient (Wildman–Crippen LogP) is 3.59. The number of aromatic nitrogens is 1. The van der Waals surface area contributed by atoms with Gasteiger partial charge in [0, 0.05) is 11.6 Å². The molecule has 0 saturated heterocycles. The van der Waals surface area contributed by atoms with Crippen LogP contribution >= 0.6 is 12.4 Å². The number of aliphatic imine (C=N–C) groups is 1. The van der Waals surface area contributed by atoms with Gasteiger partial charge in [0.15, 0.2) is 5.96 Å².